The average molecular weight is 398 g/mol. The molecule has 4 aromatic rings. The van der Waals surface area contributed by atoms with E-state index in [-0.39, 0.29) is 16.4 Å². The highest BCUT2D eigenvalue weighted by Gasteiger charge is 2.17. The lowest BCUT2D eigenvalue weighted by Crippen LogP contribution is -2.02. The summed E-state index contributed by atoms with van der Waals surface area (Å²) in [6, 6.07) is 18.4. The summed E-state index contributed by atoms with van der Waals surface area (Å²) in [7, 11) is -3.54. The van der Waals surface area contributed by atoms with E-state index in [4.69, 9.17) is 9.26 Å². The SMILES string of the molecule is O=S(=O)(c1ccccc1)c1ccc(OCc2nc(-c3cccs3)no2)cc1. The van der Waals surface area contributed by atoms with E-state index in [0.29, 0.717) is 17.5 Å². The first-order valence-electron chi connectivity index (χ1n) is 8.02. The Morgan fingerprint density at radius 3 is 2.37 bits per heavy atom. The molecule has 0 atom stereocenters. The number of sulfone groups is 1. The molecule has 0 amide bonds. The van der Waals surface area contributed by atoms with Crippen LogP contribution in [0.25, 0.3) is 10.7 Å². The summed E-state index contributed by atoms with van der Waals surface area (Å²) in [5, 5.41) is 5.85. The van der Waals surface area contributed by atoms with Crippen molar-refractivity contribution in [3.05, 3.63) is 78.0 Å². The van der Waals surface area contributed by atoms with E-state index in [1.807, 2.05) is 17.5 Å². The minimum absolute atomic E-state index is 0.100. The van der Waals surface area contributed by atoms with Crippen molar-refractivity contribution < 1.29 is 17.7 Å². The minimum atomic E-state index is -3.54. The minimum Gasteiger partial charge on any atom is -0.484 e. The zero-order valence-electron chi connectivity index (χ0n) is 14.0. The molecule has 8 heteroatoms. The first-order chi connectivity index (χ1) is 13.1. The molecule has 0 saturated carbocycles. The number of thiophene rings is 1. The van der Waals surface area contributed by atoms with Gasteiger partial charge in [-0.3, -0.25) is 0 Å². The van der Waals surface area contributed by atoms with Crippen molar-refractivity contribution in [2.24, 2.45) is 0 Å². The molecule has 2 aromatic heterocycles. The van der Waals surface area contributed by atoms with Gasteiger partial charge in [0.05, 0.1) is 14.7 Å². The van der Waals surface area contributed by atoms with Crippen LogP contribution in [0.5, 0.6) is 5.75 Å². The molecule has 27 heavy (non-hydrogen) atoms. The Hall–Kier alpha value is -2.97. The lowest BCUT2D eigenvalue weighted by Gasteiger charge is -2.06. The van der Waals surface area contributed by atoms with Gasteiger partial charge in [-0.05, 0) is 47.8 Å². The monoisotopic (exact) mass is 398 g/mol. The van der Waals surface area contributed by atoms with E-state index in [1.165, 1.54) is 23.5 Å². The summed E-state index contributed by atoms with van der Waals surface area (Å²) in [5.41, 5.74) is 0. The van der Waals surface area contributed by atoms with Gasteiger partial charge in [-0.1, -0.05) is 29.4 Å². The number of ether oxygens (including phenoxy) is 1. The van der Waals surface area contributed by atoms with Crippen molar-refractivity contribution >= 4 is 21.2 Å². The molecular formula is C19H14N2O4S2. The number of benzene rings is 2. The van der Waals surface area contributed by atoms with Crippen LogP contribution in [0.3, 0.4) is 0 Å². The Morgan fingerprint density at radius 1 is 0.926 bits per heavy atom. The second-order valence-corrected chi connectivity index (χ2v) is 8.46. The van der Waals surface area contributed by atoms with Gasteiger partial charge in [0.15, 0.2) is 6.61 Å². The summed E-state index contributed by atoms with van der Waals surface area (Å²) in [4.78, 5) is 5.66. The van der Waals surface area contributed by atoms with E-state index >= 15 is 0 Å². The maximum atomic E-state index is 12.6. The summed E-state index contributed by atoms with van der Waals surface area (Å²) in [6.07, 6.45) is 0. The molecule has 0 spiro atoms. The van der Waals surface area contributed by atoms with Gasteiger partial charge in [-0.2, -0.15) is 4.98 Å². The highest BCUT2D eigenvalue weighted by Crippen LogP contribution is 2.24. The molecule has 0 bridgehead atoms. The van der Waals surface area contributed by atoms with Gasteiger partial charge in [0.2, 0.25) is 15.7 Å². The van der Waals surface area contributed by atoms with Crippen molar-refractivity contribution in [1.82, 2.24) is 10.1 Å². The molecule has 0 N–H and O–H groups in total. The van der Waals surface area contributed by atoms with Gasteiger partial charge < -0.3 is 9.26 Å². The molecule has 2 heterocycles. The fraction of sp³-hybridized carbons (Fsp3) is 0.0526. The summed E-state index contributed by atoms with van der Waals surface area (Å²) in [5.74, 6) is 1.38. The van der Waals surface area contributed by atoms with Crippen LogP contribution in [0.2, 0.25) is 0 Å². The van der Waals surface area contributed by atoms with Crippen LogP contribution >= 0.6 is 11.3 Å². The molecule has 0 fully saturated rings. The Balaban J connectivity index is 1.44. The van der Waals surface area contributed by atoms with Crippen molar-refractivity contribution in [2.75, 3.05) is 0 Å². The second-order valence-electron chi connectivity index (χ2n) is 5.57. The van der Waals surface area contributed by atoms with E-state index in [1.54, 1.807) is 42.5 Å². The van der Waals surface area contributed by atoms with Crippen LogP contribution in [-0.2, 0) is 16.4 Å². The van der Waals surface area contributed by atoms with E-state index in [0.717, 1.165) is 4.88 Å². The predicted octanol–water partition coefficient (Wildman–Crippen LogP) is 4.21. The summed E-state index contributed by atoms with van der Waals surface area (Å²) < 4.78 is 35.9. The van der Waals surface area contributed by atoms with Crippen molar-refractivity contribution in [1.29, 1.82) is 0 Å². The van der Waals surface area contributed by atoms with Gasteiger partial charge in [-0.15, -0.1) is 11.3 Å². The largest absolute Gasteiger partial charge is 0.484 e. The number of hydrogen-bond donors (Lipinski definition) is 0. The van der Waals surface area contributed by atoms with Crippen molar-refractivity contribution in [3.63, 3.8) is 0 Å². The highest BCUT2D eigenvalue weighted by molar-refractivity contribution is 7.91. The van der Waals surface area contributed by atoms with Crippen LogP contribution < -0.4 is 4.74 Å². The molecule has 136 valence electrons. The van der Waals surface area contributed by atoms with E-state index in [9.17, 15) is 8.42 Å². The standard InChI is InChI=1S/C19H14N2O4S2/c22-27(23,15-5-2-1-3-6-15)16-10-8-14(9-11-16)24-13-18-20-19(21-25-18)17-7-4-12-26-17/h1-12H,13H2. The predicted molar refractivity (Wildman–Crippen MR) is 100 cm³/mol. The molecule has 0 radical (unpaired) electrons. The third-order valence-corrected chi connectivity index (χ3v) is 6.41. The number of rotatable bonds is 6. The summed E-state index contributed by atoms with van der Waals surface area (Å²) >= 11 is 1.52. The normalized spacial score (nSPS) is 11.4. The average Bonchev–Trinajstić information content (AvgIpc) is 3.39. The Labute approximate surface area is 160 Å². The van der Waals surface area contributed by atoms with Crippen LogP contribution in [-0.4, -0.2) is 18.6 Å². The first kappa shape index (κ1) is 17.4. The van der Waals surface area contributed by atoms with Crippen LogP contribution in [0, 0.1) is 0 Å². The molecule has 0 saturated heterocycles. The Bertz CT molecular complexity index is 1120. The quantitative estimate of drug-likeness (QED) is 0.484. The lowest BCUT2D eigenvalue weighted by atomic mass is 10.3. The van der Waals surface area contributed by atoms with Crippen LogP contribution in [0.15, 0.2) is 86.4 Å². The molecule has 0 aliphatic carbocycles. The lowest BCUT2D eigenvalue weighted by molar-refractivity contribution is 0.243. The van der Waals surface area contributed by atoms with Crippen LogP contribution in [0.1, 0.15) is 5.89 Å². The van der Waals surface area contributed by atoms with Gasteiger partial charge in [0.25, 0.3) is 5.89 Å². The zero-order chi connectivity index (χ0) is 18.7. The molecule has 6 nitrogen and oxygen atoms in total. The highest BCUT2D eigenvalue weighted by atomic mass is 32.2. The molecule has 0 aliphatic heterocycles. The number of hydrogen-bond acceptors (Lipinski definition) is 7. The second kappa shape index (κ2) is 7.34. The van der Waals surface area contributed by atoms with Gasteiger partial charge in [0, 0.05) is 0 Å². The van der Waals surface area contributed by atoms with Gasteiger partial charge in [-0.25, -0.2) is 8.42 Å². The zero-order valence-corrected chi connectivity index (χ0v) is 15.6. The topological polar surface area (TPSA) is 82.3 Å². The molecule has 0 unspecified atom stereocenters. The van der Waals surface area contributed by atoms with E-state index < -0.39 is 9.84 Å². The number of aromatic nitrogens is 2. The third kappa shape index (κ3) is 3.76. The van der Waals surface area contributed by atoms with Crippen molar-refractivity contribution in [3.8, 4) is 16.5 Å². The Morgan fingerprint density at radius 2 is 1.67 bits per heavy atom. The van der Waals surface area contributed by atoms with Crippen LogP contribution in [0.4, 0.5) is 0 Å². The maximum absolute atomic E-state index is 12.6. The summed E-state index contributed by atoms with van der Waals surface area (Å²) in [6.45, 7) is 0.100. The first-order valence-corrected chi connectivity index (χ1v) is 10.4. The molecular weight excluding hydrogens is 384 g/mol. The molecule has 4 rings (SSSR count). The van der Waals surface area contributed by atoms with Gasteiger partial charge >= 0.3 is 0 Å². The van der Waals surface area contributed by atoms with Gasteiger partial charge in [0.1, 0.15) is 5.75 Å². The fourth-order valence-electron chi connectivity index (χ4n) is 2.42. The smallest absolute Gasteiger partial charge is 0.264 e. The maximum Gasteiger partial charge on any atom is 0.264 e. The number of nitrogens with zero attached hydrogens (tertiary/aromatic N) is 2. The molecule has 2 aromatic carbocycles. The Kier molecular flexibility index (Phi) is 4.74. The van der Waals surface area contributed by atoms with Crippen molar-refractivity contribution in [2.45, 2.75) is 16.4 Å². The van der Waals surface area contributed by atoms with E-state index in [2.05, 4.69) is 10.1 Å². The third-order valence-electron chi connectivity index (χ3n) is 3.76. The molecule has 0 aliphatic rings. The fourth-order valence-corrected chi connectivity index (χ4v) is 4.35.